The van der Waals surface area contributed by atoms with E-state index in [0.29, 0.717) is 0 Å². The molecule has 0 radical (unpaired) electrons. The van der Waals surface area contributed by atoms with E-state index in [0.717, 1.165) is 60.7 Å². The van der Waals surface area contributed by atoms with Gasteiger partial charge in [-0.2, -0.15) is 0 Å². The van der Waals surface area contributed by atoms with Crippen molar-refractivity contribution in [3.8, 4) is 21.7 Å². The van der Waals surface area contributed by atoms with Gasteiger partial charge in [-0.3, -0.25) is 0 Å². The van der Waals surface area contributed by atoms with Crippen molar-refractivity contribution in [2.75, 3.05) is 4.90 Å². The largest absolute Gasteiger partial charge is 0.456 e. The molecule has 0 bridgehead atoms. The van der Waals surface area contributed by atoms with E-state index in [1.54, 1.807) is 11.3 Å². The molecular formula is C45H28N2OS. The molecule has 2 aromatic heterocycles. The Morgan fingerprint density at radius 3 is 1.98 bits per heavy atom. The van der Waals surface area contributed by atoms with Gasteiger partial charge in [-0.05, 0) is 70.3 Å². The van der Waals surface area contributed by atoms with Crippen molar-refractivity contribution in [3.63, 3.8) is 0 Å². The summed E-state index contributed by atoms with van der Waals surface area (Å²) in [6.45, 7) is 0. The van der Waals surface area contributed by atoms with Crippen LogP contribution >= 0.6 is 11.3 Å². The number of fused-ring (bicyclic) bond motifs is 8. The summed E-state index contributed by atoms with van der Waals surface area (Å²) in [6, 6.07) is 60.3. The van der Waals surface area contributed by atoms with Crippen molar-refractivity contribution >= 4 is 82.1 Å². The van der Waals surface area contributed by atoms with Gasteiger partial charge in [-0.25, -0.2) is 4.98 Å². The Labute approximate surface area is 286 Å². The Kier molecular flexibility index (Phi) is 6.36. The first-order valence-electron chi connectivity index (χ1n) is 16.5. The molecule has 0 saturated heterocycles. The van der Waals surface area contributed by atoms with Gasteiger partial charge in [0.05, 0.1) is 15.9 Å². The lowest BCUT2D eigenvalue weighted by Crippen LogP contribution is -2.11. The van der Waals surface area contributed by atoms with Crippen LogP contribution in [-0.2, 0) is 0 Å². The van der Waals surface area contributed by atoms with Crippen LogP contribution in [0, 0.1) is 0 Å². The molecule has 3 nitrogen and oxygen atoms in total. The molecule has 0 N–H and O–H groups in total. The summed E-state index contributed by atoms with van der Waals surface area (Å²) >= 11 is 1.76. The summed E-state index contributed by atoms with van der Waals surface area (Å²) in [6.07, 6.45) is 0. The van der Waals surface area contributed by atoms with Crippen molar-refractivity contribution in [2.24, 2.45) is 0 Å². The molecule has 0 saturated carbocycles. The van der Waals surface area contributed by atoms with Gasteiger partial charge in [-0.15, -0.1) is 11.3 Å². The van der Waals surface area contributed by atoms with Gasteiger partial charge in [-0.1, -0.05) is 121 Å². The third kappa shape index (κ3) is 4.61. The monoisotopic (exact) mass is 644 g/mol. The van der Waals surface area contributed by atoms with Crippen LogP contribution in [-0.4, -0.2) is 4.98 Å². The zero-order valence-corrected chi connectivity index (χ0v) is 27.2. The first-order chi connectivity index (χ1) is 24.3. The van der Waals surface area contributed by atoms with Crippen LogP contribution in [0.25, 0.3) is 75.4 Å². The van der Waals surface area contributed by atoms with Crippen molar-refractivity contribution in [1.29, 1.82) is 0 Å². The lowest BCUT2D eigenvalue weighted by Gasteiger charge is -2.28. The first kappa shape index (κ1) is 27.8. The second-order valence-corrected chi connectivity index (χ2v) is 13.4. The molecule has 2 heterocycles. The fourth-order valence-electron chi connectivity index (χ4n) is 7.16. The molecule has 4 heteroatoms. The van der Waals surface area contributed by atoms with E-state index in [2.05, 4.69) is 157 Å². The molecule has 0 aliphatic heterocycles. The predicted molar refractivity (Wildman–Crippen MR) is 207 cm³/mol. The third-order valence-corrected chi connectivity index (χ3v) is 10.6. The van der Waals surface area contributed by atoms with Gasteiger partial charge in [0, 0.05) is 38.7 Å². The predicted octanol–water partition coefficient (Wildman–Crippen LogP) is 13.3. The standard InChI is InChI=1S/C45H28N2OS/c1-3-11-29(12-4-1)34-15-7-9-17-41(34)47(33-22-26-43-39(28-33)36-16-8-10-18-42(36)48-43)32-21-19-30-20-23-37-35(38(30)27-32)24-25-40-44(37)49-45(46-40)31-13-5-2-6-14-31/h1-28H. The van der Waals surface area contributed by atoms with Crippen LogP contribution in [0.4, 0.5) is 17.1 Å². The Bertz CT molecular complexity index is 2840. The molecule has 0 fully saturated rings. The zero-order valence-electron chi connectivity index (χ0n) is 26.4. The summed E-state index contributed by atoms with van der Waals surface area (Å²) < 4.78 is 7.45. The minimum Gasteiger partial charge on any atom is -0.456 e. The van der Waals surface area contributed by atoms with Crippen LogP contribution in [0.15, 0.2) is 174 Å². The summed E-state index contributed by atoms with van der Waals surface area (Å²) in [5, 5.41) is 8.13. The van der Waals surface area contributed by atoms with Crippen LogP contribution < -0.4 is 4.90 Å². The van der Waals surface area contributed by atoms with E-state index in [9.17, 15) is 0 Å². The van der Waals surface area contributed by atoms with Gasteiger partial charge in [0.1, 0.15) is 16.2 Å². The minimum absolute atomic E-state index is 0.884. The molecule has 49 heavy (non-hydrogen) atoms. The van der Waals surface area contributed by atoms with E-state index in [-0.39, 0.29) is 0 Å². The number of benzene rings is 8. The molecule has 0 aliphatic carbocycles. The molecule has 0 spiro atoms. The average Bonchev–Trinajstić information content (AvgIpc) is 3.78. The number of para-hydroxylation sites is 2. The van der Waals surface area contributed by atoms with Gasteiger partial charge in [0.2, 0.25) is 0 Å². The Hall–Kier alpha value is -6.23. The Morgan fingerprint density at radius 1 is 0.469 bits per heavy atom. The van der Waals surface area contributed by atoms with E-state index in [1.165, 1.54) is 31.8 Å². The maximum atomic E-state index is 6.24. The number of hydrogen-bond donors (Lipinski definition) is 0. The summed E-state index contributed by atoms with van der Waals surface area (Å²) in [5.74, 6) is 0. The summed E-state index contributed by atoms with van der Waals surface area (Å²) in [5.41, 5.74) is 9.56. The van der Waals surface area contributed by atoms with Crippen molar-refractivity contribution in [3.05, 3.63) is 170 Å². The normalized spacial score (nSPS) is 11.7. The van der Waals surface area contributed by atoms with Crippen LogP contribution in [0.3, 0.4) is 0 Å². The van der Waals surface area contributed by atoms with Gasteiger partial charge >= 0.3 is 0 Å². The van der Waals surface area contributed by atoms with Crippen molar-refractivity contribution < 1.29 is 4.42 Å². The number of aromatic nitrogens is 1. The Balaban J connectivity index is 1.21. The van der Waals surface area contributed by atoms with E-state index < -0.39 is 0 Å². The molecule has 230 valence electrons. The van der Waals surface area contributed by atoms with Crippen LogP contribution in [0.5, 0.6) is 0 Å². The zero-order chi connectivity index (χ0) is 32.3. The summed E-state index contributed by atoms with van der Waals surface area (Å²) in [7, 11) is 0. The average molecular weight is 645 g/mol. The molecule has 10 rings (SSSR count). The molecule has 0 atom stereocenters. The third-order valence-electron chi connectivity index (χ3n) is 9.48. The van der Waals surface area contributed by atoms with Crippen molar-refractivity contribution in [1.82, 2.24) is 4.98 Å². The van der Waals surface area contributed by atoms with Crippen LogP contribution in [0.2, 0.25) is 0 Å². The number of thiazole rings is 1. The molecule has 0 unspecified atom stereocenters. The minimum atomic E-state index is 0.884. The number of furan rings is 1. The highest BCUT2D eigenvalue weighted by atomic mass is 32.1. The lowest BCUT2D eigenvalue weighted by molar-refractivity contribution is 0.669. The van der Waals surface area contributed by atoms with Gasteiger partial charge in [0.25, 0.3) is 0 Å². The topological polar surface area (TPSA) is 29.3 Å². The van der Waals surface area contributed by atoms with Crippen molar-refractivity contribution in [2.45, 2.75) is 0 Å². The van der Waals surface area contributed by atoms with E-state index >= 15 is 0 Å². The van der Waals surface area contributed by atoms with E-state index in [1.807, 2.05) is 18.2 Å². The maximum Gasteiger partial charge on any atom is 0.135 e. The second kappa shape index (κ2) is 11.2. The number of nitrogens with zero attached hydrogens (tertiary/aromatic N) is 2. The SMILES string of the molecule is c1ccc(-c2nc3ccc4c5cc(N(c6ccc7oc8ccccc8c7c6)c6ccccc6-c6ccccc6)ccc5ccc4c3s2)cc1. The van der Waals surface area contributed by atoms with Crippen LogP contribution in [0.1, 0.15) is 0 Å². The Morgan fingerprint density at radius 2 is 1.12 bits per heavy atom. The molecular weight excluding hydrogens is 617 g/mol. The highest BCUT2D eigenvalue weighted by Crippen LogP contribution is 2.45. The quantitative estimate of drug-likeness (QED) is 0.175. The number of anilines is 3. The number of rotatable bonds is 5. The molecule has 10 aromatic rings. The fraction of sp³-hybridized carbons (Fsp3) is 0. The second-order valence-electron chi connectivity index (χ2n) is 12.4. The fourth-order valence-corrected chi connectivity index (χ4v) is 8.26. The highest BCUT2D eigenvalue weighted by molar-refractivity contribution is 7.22. The first-order valence-corrected chi connectivity index (χ1v) is 17.3. The molecule has 0 aliphatic rings. The number of hydrogen-bond acceptors (Lipinski definition) is 4. The van der Waals surface area contributed by atoms with Gasteiger partial charge in [0.15, 0.2) is 0 Å². The smallest absolute Gasteiger partial charge is 0.135 e. The molecule has 0 amide bonds. The maximum absolute atomic E-state index is 6.24. The molecule has 8 aromatic carbocycles. The highest BCUT2D eigenvalue weighted by Gasteiger charge is 2.20. The van der Waals surface area contributed by atoms with E-state index in [4.69, 9.17) is 9.40 Å². The van der Waals surface area contributed by atoms with Gasteiger partial charge < -0.3 is 9.32 Å². The lowest BCUT2D eigenvalue weighted by atomic mass is 9.99. The summed E-state index contributed by atoms with van der Waals surface area (Å²) in [4.78, 5) is 7.41.